The fourth-order valence-electron chi connectivity index (χ4n) is 0.860. The molecule has 0 aromatic heterocycles. The first-order valence-electron chi connectivity index (χ1n) is 3.29. The standard InChI is InChI=1S/C6H2F10/c7-2-1-3(4(8,9)10,5(11,12)13)6(14,15)16/h1-2H. The van der Waals surface area contributed by atoms with Crippen LogP contribution in [0.1, 0.15) is 0 Å². The molecule has 0 spiro atoms. The fraction of sp³-hybridized carbons (Fsp3) is 0.667. The molecule has 0 fully saturated rings. The Morgan fingerprint density at radius 2 is 0.812 bits per heavy atom. The number of halogens is 10. The van der Waals surface area contributed by atoms with Crippen LogP contribution in [0.2, 0.25) is 0 Å². The smallest absolute Gasteiger partial charge is 0.216 e. The molecule has 0 saturated carbocycles. The van der Waals surface area contributed by atoms with E-state index in [-0.39, 0.29) is 0 Å². The molecule has 0 rings (SSSR count). The lowest BCUT2D eigenvalue weighted by Crippen LogP contribution is -2.58. The van der Waals surface area contributed by atoms with Crippen LogP contribution in [-0.4, -0.2) is 18.5 Å². The molecule has 0 nitrogen and oxygen atoms in total. The van der Waals surface area contributed by atoms with Crippen LogP contribution in [0.5, 0.6) is 0 Å². The molecule has 0 heterocycles. The lowest BCUT2D eigenvalue weighted by Gasteiger charge is -2.35. The third-order valence-electron chi connectivity index (χ3n) is 1.65. The third kappa shape index (κ3) is 2.09. The van der Waals surface area contributed by atoms with Crippen LogP contribution in [0.25, 0.3) is 0 Å². The summed E-state index contributed by atoms with van der Waals surface area (Å²) in [6, 6.07) is 0. The number of rotatable bonds is 1. The summed E-state index contributed by atoms with van der Waals surface area (Å²) in [5.41, 5.74) is -6.19. The van der Waals surface area contributed by atoms with Crippen molar-refractivity contribution in [2.24, 2.45) is 5.41 Å². The minimum atomic E-state index is -6.74. The molecular weight excluding hydrogens is 262 g/mol. The second-order valence-electron chi connectivity index (χ2n) is 2.59. The van der Waals surface area contributed by atoms with Gasteiger partial charge in [-0.05, 0) is 6.08 Å². The van der Waals surface area contributed by atoms with Crippen LogP contribution >= 0.6 is 0 Å². The quantitative estimate of drug-likeness (QED) is 0.624. The van der Waals surface area contributed by atoms with Gasteiger partial charge in [0.1, 0.15) is 0 Å². The van der Waals surface area contributed by atoms with Crippen LogP contribution in [-0.2, 0) is 0 Å². The monoisotopic (exact) mass is 264 g/mol. The molecule has 0 saturated heterocycles. The first-order chi connectivity index (χ1) is 6.81. The molecule has 0 radical (unpaired) electrons. The van der Waals surface area contributed by atoms with E-state index in [2.05, 4.69) is 0 Å². The van der Waals surface area contributed by atoms with Gasteiger partial charge in [0, 0.05) is 0 Å². The van der Waals surface area contributed by atoms with Crippen molar-refractivity contribution < 1.29 is 43.9 Å². The molecule has 0 aliphatic carbocycles. The summed E-state index contributed by atoms with van der Waals surface area (Å²) in [6.07, 6.45) is -23.3. The molecule has 96 valence electrons. The maximum atomic E-state index is 11.9. The van der Waals surface area contributed by atoms with E-state index in [0.29, 0.717) is 0 Å². The summed E-state index contributed by atoms with van der Waals surface area (Å²) < 4.78 is 118. The van der Waals surface area contributed by atoms with Crippen molar-refractivity contribution in [1.82, 2.24) is 0 Å². The molecule has 10 heteroatoms. The molecule has 0 unspecified atom stereocenters. The lowest BCUT2D eigenvalue weighted by molar-refractivity contribution is -0.407. The zero-order valence-electron chi connectivity index (χ0n) is 6.93. The highest BCUT2D eigenvalue weighted by atomic mass is 19.4. The summed E-state index contributed by atoms with van der Waals surface area (Å²) in [7, 11) is 0. The average Bonchev–Trinajstić information content (AvgIpc) is 1.91. The zero-order chi connectivity index (χ0) is 13.4. The summed E-state index contributed by atoms with van der Waals surface area (Å²) in [4.78, 5) is 0. The predicted octanol–water partition coefficient (Wildman–Crippen LogP) is 4.14. The second kappa shape index (κ2) is 3.81. The van der Waals surface area contributed by atoms with Gasteiger partial charge in [0.15, 0.2) is 0 Å². The number of hydrogen-bond acceptors (Lipinski definition) is 0. The van der Waals surface area contributed by atoms with Gasteiger partial charge in [-0.15, -0.1) is 0 Å². The average molecular weight is 264 g/mol. The maximum Gasteiger partial charge on any atom is 0.415 e. The van der Waals surface area contributed by atoms with Crippen molar-refractivity contribution >= 4 is 0 Å². The van der Waals surface area contributed by atoms with Gasteiger partial charge in [-0.2, -0.15) is 39.5 Å². The molecule has 0 aliphatic rings. The Hall–Kier alpha value is -0.960. The van der Waals surface area contributed by atoms with Crippen LogP contribution in [0.4, 0.5) is 43.9 Å². The van der Waals surface area contributed by atoms with Crippen molar-refractivity contribution in [3.8, 4) is 0 Å². The Balaban J connectivity index is 6.04. The third-order valence-corrected chi connectivity index (χ3v) is 1.65. The van der Waals surface area contributed by atoms with Gasteiger partial charge < -0.3 is 0 Å². The van der Waals surface area contributed by atoms with Crippen LogP contribution < -0.4 is 0 Å². The van der Waals surface area contributed by atoms with E-state index < -0.39 is 36.3 Å². The van der Waals surface area contributed by atoms with Crippen LogP contribution in [0, 0.1) is 5.41 Å². The first kappa shape index (κ1) is 15.0. The van der Waals surface area contributed by atoms with E-state index in [0.717, 1.165) is 0 Å². The van der Waals surface area contributed by atoms with E-state index in [1.54, 1.807) is 0 Å². The molecule has 0 N–H and O–H groups in total. The summed E-state index contributed by atoms with van der Waals surface area (Å²) in [6.45, 7) is 0. The first-order valence-corrected chi connectivity index (χ1v) is 3.29. The Kier molecular flexibility index (Phi) is 3.58. The van der Waals surface area contributed by atoms with Gasteiger partial charge in [0.25, 0.3) is 5.41 Å². The molecule has 0 atom stereocenters. The maximum absolute atomic E-state index is 11.9. The molecule has 0 bridgehead atoms. The zero-order valence-corrected chi connectivity index (χ0v) is 6.93. The Morgan fingerprint density at radius 1 is 0.562 bits per heavy atom. The van der Waals surface area contributed by atoms with Crippen molar-refractivity contribution in [2.75, 3.05) is 0 Å². The molecule has 0 aromatic rings. The highest BCUT2D eigenvalue weighted by molar-refractivity contribution is 5.11. The van der Waals surface area contributed by atoms with Gasteiger partial charge >= 0.3 is 18.5 Å². The summed E-state index contributed by atoms with van der Waals surface area (Å²) in [5.74, 6) is 0. The van der Waals surface area contributed by atoms with Gasteiger partial charge in [-0.25, -0.2) is 4.39 Å². The summed E-state index contributed by atoms with van der Waals surface area (Å²) >= 11 is 0. The van der Waals surface area contributed by atoms with Gasteiger partial charge in [-0.3, -0.25) is 0 Å². The molecule has 0 amide bonds. The van der Waals surface area contributed by atoms with Crippen LogP contribution in [0.15, 0.2) is 12.4 Å². The number of hydrogen-bond donors (Lipinski definition) is 0. The Bertz CT molecular complexity index is 226. The SMILES string of the molecule is FC=CC(C(F)(F)F)(C(F)(F)F)C(F)(F)F. The van der Waals surface area contributed by atoms with Gasteiger partial charge in [-0.1, -0.05) is 0 Å². The van der Waals surface area contributed by atoms with Gasteiger partial charge in [0.05, 0.1) is 6.33 Å². The molecule has 16 heavy (non-hydrogen) atoms. The lowest BCUT2D eigenvalue weighted by atomic mass is 9.85. The normalized spacial score (nSPS) is 15.9. The molecular formula is C6H2F10. The predicted molar refractivity (Wildman–Crippen MR) is 30.8 cm³/mol. The number of allylic oxidation sites excluding steroid dienone is 1. The van der Waals surface area contributed by atoms with Crippen molar-refractivity contribution in [2.45, 2.75) is 18.5 Å². The minimum absolute atomic E-state index is 1.44. The fourth-order valence-corrected chi connectivity index (χ4v) is 0.860. The Morgan fingerprint density at radius 3 is 0.875 bits per heavy atom. The van der Waals surface area contributed by atoms with Crippen molar-refractivity contribution in [3.05, 3.63) is 12.4 Å². The van der Waals surface area contributed by atoms with Crippen LogP contribution in [0.3, 0.4) is 0 Å². The minimum Gasteiger partial charge on any atom is -0.216 e. The van der Waals surface area contributed by atoms with Crippen molar-refractivity contribution in [3.63, 3.8) is 0 Å². The summed E-state index contributed by atoms with van der Waals surface area (Å²) in [5, 5.41) is 0. The van der Waals surface area contributed by atoms with E-state index in [4.69, 9.17) is 0 Å². The van der Waals surface area contributed by atoms with E-state index in [9.17, 15) is 43.9 Å². The largest absolute Gasteiger partial charge is 0.415 e. The van der Waals surface area contributed by atoms with E-state index in [1.807, 2.05) is 0 Å². The molecule has 0 aliphatic heterocycles. The number of alkyl halides is 9. The molecule has 0 aromatic carbocycles. The highest BCUT2D eigenvalue weighted by Gasteiger charge is 2.82. The van der Waals surface area contributed by atoms with Gasteiger partial charge in [0.2, 0.25) is 0 Å². The second-order valence-corrected chi connectivity index (χ2v) is 2.59. The van der Waals surface area contributed by atoms with Crippen molar-refractivity contribution in [1.29, 1.82) is 0 Å². The topological polar surface area (TPSA) is 0 Å². The Labute approximate surface area is 81.5 Å². The van der Waals surface area contributed by atoms with E-state index >= 15 is 0 Å². The van der Waals surface area contributed by atoms with E-state index in [1.165, 1.54) is 0 Å². The highest BCUT2D eigenvalue weighted by Crippen LogP contribution is 2.60.